The lowest BCUT2D eigenvalue weighted by atomic mass is 9.47. The molecule has 2 saturated carbocycles. The van der Waals surface area contributed by atoms with E-state index in [-0.39, 0.29) is 35.1 Å². The minimum absolute atomic E-state index is 0.0197. The highest BCUT2D eigenvalue weighted by atomic mass is 16.3. The van der Waals surface area contributed by atoms with Crippen molar-refractivity contribution in [2.45, 2.75) is 64.8 Å². The van der Waals surface area contributed by atoms with Gasteiger partial charge < -0.3 is 36.8 Å². The van der Waals surface area contributed by atoms with Gasteiger partial charge in [-0.3, -0.25) is 14.4 Å². The van der Waals surface area contributed by atoms with Gasteiger partial charge in [-0.2, -0.15) is 0 Å². The molecule has 3 aliphatic rings. The molecule has 4 rings (SSSR count). The van der Waals surface area contributed by atoms with Crippen molar-refractivity contribution >= 4 is 23.2 Å². The van der Waals surface area contributed by atoms with Crippen LogP contribution in [0, 0.1) is 22.7 Å². The number of fused-ring (bicyclic) bond motifs is 3. The molecule has 1 aromatic carbocycles. The molecule has 0 aromatic heterocycles. The predicted octanol–water partition coefficient (Wildman–Crippen LogP) is 0.313. The SMILES string of the molecule is CN[C@@H]1C(O)C(C(N)=O)C(=O)[C@@]2(O)C(=O)C3=C(O)c4c(ccc(CNCC(C)(C)C)c4O)C[C@H]3C[C@@]12C. The summed E-state index contributed by atoms with van der Waals surface area (Å²) in [5, 5.41) is 51.1. The second-order valence-corrected chi connectivity index (χ2v) is 12.1. The molecule has 0 radical (unpaired) electrons. The van der Waals surface area contributed by atoms with Gasteiger partial charge in [-0.05, 0) is 36.8 Å². The molecule has 2 unspecified atom stereocenters. The largest absolute Gasteiger partial charge is 0.507 e. The number of likely N-dealkylation sites (N-methyl/N-ethyl adjacent to an activating group) is 1. The van der Waals surface area contributed by atoms with Crippen LogP contribution in [0.1, 0.15) is 50.8 Å². The summed E-state index contributed by atoms with van der Waals surface area (Å²) in [7, 11) is 1.50. The first kappa shape index (κ1) is 27.3. The third-order valence-corrected chi connectivity index (χ3v) is 8.38. The highest BCUT2D eigenvalue weighted by Crippen LogP contribution is 2.57. The van der Waals surface area contributed by atoms with Crippen molar-refractivity contribution in [1.29, 1.82) is 0 Å². The van der Waals surface area contributed by atoms with E-state index in [0.29, 0.717) is 24.2 Å². The summed E-state index contributed by atoms with van der Waals surface area (Å²) in [6, 6.07) is 2.56. The topological polar surface area (TPSA) is 182 Å². The Morgan fingerprint density at radius 1 is 1.22 bits per heavy atom. The molecule has 10 nitrogen and oxygen atoms in total. The van der Waals surface area contributed by atoms with Crippen LogP contribution in [0.5, 0.6) is 5.75 Å². The fourth-order valence-electron chi connectivity index (χ4n) is 6.58. The Morgan fingerprint density at radius 2 is 1.86 bits per heavy atom. The van der Waals surface area contributed by atoms with E-state index in [1.54, 1.807) is 12.1 Å². The highest BCUT2D eigenvalue weighted by molar-refractivity contribution is 6.25. The Labute approximate surface area is 215 Å². The number of carbonyl (C=O) groups excluding carboxylic acids is 3. The van der Waals surface area contributed by atoms with E-state index in [0.717, 1.165) is 0 Å². The Hall–Kier alpha value is -2.79. The molecule has 6 atom stereocenters. The van der Waals surface area contributed by atoms with Gasteiger partial charge in [-0.15, -0.1) is 0 Å². The minimum Gasteiger partial charge on any atom is -0.507 e. The summed E-state index contributed by atoms with van der Waals surface area (Å²) in [5.41, 5.74) is 2.30. The Bertz CT molecular complexity index is 1200. The molecule has 1 amide bonds. The number of amides is 1. The van der Waals surface area contributed by atoms with Crippen LogP contribution in [-0.4, -0.2) is 69.2 Å². The third kappa shape index (κ3) is 3.89. The van der Waals surface area contributed by atoms with Gasteiger partial charge in [0.15, 0.2) is 11.4 Å². The van der Waals surface area contributed by atoms with Crippen molar-refractivity contribution in [2.75, 3.05) is 13.6 Å². The normalized spacial score (nSPS) is 33.6. The molecule has 1 aromatic rings. The molecule has 0 spiro atoms. The first-order chi connectivity index (χ1) is 17.1. The fourth-order valence-corrected chi connectivity index (χ4v) is 6.58. The van der Waals surface area contributed by atoms with Gasteiger partial charge in [0.25, 0.3) is 0 Å². The summed E-state index contributed by atoms with van der Waals surface area (Å²) in [6.45, 7) is 8.76. The van der Waals surface area contributed by atoms with Crippen molar-refractivity contribution < 1.29 is 34.8 Å². The summed E-state index contributed by atoms with van der Waals surface area (Å²) < 4.78 is 0. The lowest BCUT2D eigenvalue weighted by Gasteiger charge is -2.58. The van der Waals surface area contributed by atoms with Gasteiger partial charge >= 0.3 is 0 Å². The van der Waals surface area contributed by atoms with E-state index in [1.807, 2.05) is 0 Å². The molecule has 3 aliphatic carbocycles. The summed E-state index contributed by atoms with van der Waals surface area (Å²) in [6.07, 6.45) is -1.21. The number of aromatic hydroxyl groups is 1. The van der Waals surface area contributed by atoms with Gasteiger partial charge in [-0.1, -0.05) is 39.8 Å². The monoisotopic (exact) mass is 515 g/mol. The van der Waals surface area contributed by atoms with E-state index in [2.05, 4.69) is 31.4 Å². The second-order valence-electron chi connectivity index (χ2n) is 12.1. The van der Waals surface area contributed by atoms with Gasteiger partial charge in [0, 0.05) is 35.7 Å². The molecule has 0 bridgehead atoms. The molecule has 202 valence electrons. The average molecular weight is 516 g/mol. The van der Waals surface area contributed by atoms with Crippen LogP contribution < -0.4 is 16.4 Å². The number of phenolic OH excluding ortho intramolecular Hbond substituents is 1. The van der Waals surface area contributed by atoms with Gasteiger partial charge in [-0.25, -0.2) is 0 Å². The standard InChI is InChI=1S/C27H37N3O7/c1-25(2,3)11-30-10-13-7-6-12-8-14-9-26(4)21(29-5)20(33)17(24(28)36)23(35)27(26,37)22(34)16(14)19(32)15(12)18(13)31/h6-7,14,17,20-21,29-33,37H,8-11H2,1-5H3,(H2,28,36)/t14-,17?,20?,21+,26-,27-/m0/s1. The van der Waals surface area contributed by atoms with Crippen LogP contribution in [0.3, 0.4) is 0 Å². The number of Topliss-reactive ketones (excluding diaryl/α,β-unsaturated/α-hetero) is 2. The number of aliphatic hydroxyl groups excluding tert-OH is 2. The quantitative estimate of drug-likeness (QED) is 0.271. The van der Waals surface area contributed by atoms with Crippen LogP contribution in [0.2, 0.25) is 0 Å². The van der Waals surface area contributed by atoms with Gasteiger partial charge in [0.2, 0.25) is 11.7 Å². The molecular weight excluding hydrogens is 478 g/mol. The smallest absolute Gasteiger partial charge is 0.230 e. The summed E-state index contributed by atoms with van der Waals surface area (Å²) in [4.78, 5) is 39.5. The van der Waals surface area contributed by atoms with Gasteiger partial charge in [0.1, 0.15) is 17.4 Å². The first-order valence-corrected chi connectivity index (χ1v) is 12.5. The second kappa shape index (κ2) is 8.90. The van der Waals surface area contributed by atoms with Gasteiger partial charge in [0.05, 0.1) is 11.7 Å². The van der Waals surface area contributed by atoms with Crippen molar-refractivity contribution in [3.8, 4) is 5.75 Å². The lowest BCUT2D eigenvalue weighted by Crippen LogP contribution is -2.78. The molecule has 37 heavy (non-hydrogen) atoms. The van der Waals surface area contributed by atoms with Crippen LogP contribution in [0.4, 0.5) is 0 Å². The zero-order valence-electron chi connectivity index (χ0n) is 21.9. The molecule has 10 heteroatoms. The van der Waals surface area contributed by atoms with E-state index in [4.69, 9.17) is 5.73 Å². The van der Waals surface area contributed by atoms with Crippen molar-refractivity contribution in [1.82, 2.24) is 10.6 Å². The number of hydrogen-bond acceptors (Lipinski definition) is 9. The van der Waals surface area contributed by atoms with E-state index in [9.17, 15) is 34.8 Å². The van der Waals surface area contributed by atoms with E-state index >= 15 is 0 Å². The third-order valence-electron chi connectivity index (χ3n) is 8.38. The first-order valence-electron chi connectivity index (χ1n) is 12.5. The number of rotatable bonds is 5. The number of ketones is 2. The van der Waals surface area contributed by atoms with Crippen molar-refractivity contribution in [3.63, 3.8) is 0 Å². The van der Waals surface area contributed by atoms with E-state index < -0.39 is 58.2 Å². The zero-order valence-corrected chi connectivity index (χ0v) is 21.9. The number of nitrogens with two attached hydrogens (primary N) is 1. The summed E-state index contributed by atoms with van der Waals surface area (Å²) in [5.74, 6) is -6.42. The van der Waals surface area contributed by atoms with Crippen molar-refractivity contribution in [2.24, 2.45) is 28.4 Å². The van der Waals surface area contributed by atoms with Crippen LogP contribution >= 0.6 is 0 Å². The molecular formula is C27H37N3O7. The maximum Gasteiger partial charge on any atom is 0.230 e. The number of aliphatic hydroxyl groups is 3. The number of primary amides is 1. The average Bonchev–Trinajstić information content (AvgIpc) is 2.77. The number of hydrogen-bond donors (Lipinski definition) is 7. The Morgan fingerprint density at radius 3 is 2.43 bits per heavy atom. The Kier molecular flexibility index (Phi) is 6.56. The summed E-state index contributed by atoms with van der Waals surface area (Å²) >= 11 is 0. The molecule has 0 saturated heterocycles. The lowest BCUT2D eigenvalue weighted by molar-refractivity contribution is -0.195. The minimum atomic E-state index is -2.71. The maximum absolute atomic E-state index is 13.9. The molecule has 0 aliphatic heterocycles. The molecule has 8 N–H and O–H groups in total. The van der Waals surface area contributed by atoms with E-state index in [1.165, 1.54) is 14.0 Å². The van der Waals surface area contributed by atoms with Crippen LogP contribution in [0.15, 0.2) is 17.7 Å². The van der Waals surface area contributed by atoms with Crippen molar-refractivity contribution in [3.05, 3.63) is 34.4 Å². The van der Waals surface area contributed by atoms with Crippen LogP contribution in [-0.2, 0) is 27.3 Å². The zero-order chi connectivity index (χ0) is 27.7. The highest BCUT2D eigenvalue weighted by Gasteiger charge is 2.72. The van der Waals surface area contributed by atoms with Crippen LogP contribution in [0.25, 0.3) is 5.76 Å². The maximum atomic E-state index is 13.9. The number of nitrogens with one attached hydrogen (secondary N) is 2. The number of benzene rings is 1. The number of carbonyl (C=O) groups is 3. The number of phenols is 1. The molecule has 2 fully saturated rings. The predicted molar refractivity (Wildman–Crippen MR) is 135 cm³/mol. The Balaban J connectivity index is 1.81. The fraction of sp³-hybridized carbons (Fsp3) is 0.593. The molecule has 0 heterocycles.